The van der Waals surface area contributed by atoms with Crippen LogP contribution in [0.4, 0.5) is 5.82 Å². The number of ether oxygens (including phenoxy) is 2. The highest BCUT2D eigenvalue weighted by Crippen LogP contribution is 2.34. The summed E-state index contributed by atoms with van der Waals surface area (Å²) in [6, 6.07) is 3.42. The third-order valence-electron chi connectivity index (χ3n) is 3.74. The van der Waals surface area contributed by atoms with Gasteiger partial charge < -0.3 is 20.1 Å². The van der Waals surface area contributed by atoms with Crippen LogP contribution in [0.1, 0.15) is 0 Å². The van der Waals surface area contributed by atoms with Gasteiger partial charge in [0.15, 0.2) is 11.5 Å². The summed E-state index contributed by atoms with van der Waals surface area (Å²) in [5.41, 5.74) is 0.991. The Morgan fingerprint density at radius 2 is 1.56 bits per heavy atom. The molecule has 0 atom stereocenters. The lowest BCUT2D eigenvalue weighted by Crippen LogP contribution is -2.24. The van der Waals surface area contributed by atoms with Gasteiger partial charge in [-0.15, -0.1) is 0 Å². The van der Waals surface area contributed by atoms with Crippen molar-refractivity contribution in [2.24, 2.45) is 0 Å². The molecule has 25 heavy (non-hydrogen) atoms. The smallest absolute Gasteiger partial charge is 0.204 e. The lowest BCUT2D eigenvalue weighted by molar-refractivity contribution is -0.115. The number of carbonyl (C=O) groups is 2. The normalized spacial score (nSPS) is 14.0. The van der Waals surface area contributed by atoms with Crippen LogP contribution in [0.25, 0.3) is 10.9 Å². The monoisotopic (exact) mass is 340 g/mol. The number of fused-ring (bicyclic) bond motifs is 1. The molecule has 0 spiro atoms. The Balaban J connectivity index is 2.02. The number of nitrogens with one attached hydrogen (secondary N) is 2. The van der Waals surface area contributed by atoms with Crippen LogP contribution in [-0.2, 0) is 9.59 Å². The third kappa shape index (κ3) is 3.01. The predicted molar refractivity (Wildman–Crippen MR) is 91.5 cm³/mol. The molecule has 3 rings (SSSR count). The molecule has 0 saturated carbocycles. The summed E-state index contributed by atoms with van der Waals surface area (Å²) in [4.78, 5) is 32.5. The number of likely N-dealkylation sites (N-methyl/N-ethyl adjacent to an activating group) is 1. The van der Waals surface area contributed by atoms with E-state index in [1.807, 2.05) is 0 Å². The fourth-order valence-electron chi connectivity index (χ4n) is 2.46. The predicted octanol–water partition coefficient (Wildman–Crippen LogP) is 1.20. The van der Waals surface area contributed by atoms with E-state index in [1.54, 1.807) is 19.2 Å². The summed E-state index contributed by atoms with van der Waals surface area (Å²) < 4.78 is 10.6. The average Bonchev–Trinajstić information content (AvgIpc) is 2.63. The fourth-order valence-corrected chi connectivity index (χ4v) is 2.46. The molecule has 8 heteroatoms. The molecule has 0 bridgehead atoms. The van der Waals surface area contributed by atoms with Crippen molar-refractivity contribution < 1.29 is 19.1 Å². The minimum atomic E-state index is -0.323. The van der Waals surface area contributed by atoms with Gasteiger partial charge in [-0.3, -0.25) is 9.59 Å². The van der Waals surface area contributed by atoms with Crippen LogP contribution < -0.4 is 20.1 Å². The van der Waals surface area contributed by atoms with E-state index in [1.165, 1.54) is 32.7 Å². The molecule has 1 aliphatic carbocycles. The lowest BCUT2D eigenvalue weighted by atomic mass is 10.1. The molecular formula is C17H16N4O4. The fraction of sp³-hybridized carbons (Fsp3) is 0.176. The first-order chi connectivity index (χ1) is 12.1. The van der Waals surface area contributed by atoms with E-state index in [0.717, 1.165) is 0 Å². The van der Waals surface area contributed by atoms with Gasteiger partial charge in [-0.1, -0.05) is 0 Å². The van der Waals surface area contributed by atoms with Crippen molar-refractivity contribution in [3.8, 4) is 11.5 Å². The zero-order chi connectivity index (χ0) is 18.0. The van der Waals surface area contributed by atoms with E-state index in [-0.39, 0.29) is 23.0 Å². The summed E-state index contributed by atoms with van der Waals surface area (Å²) in [6.45, 7) is 0. The number of carbonyl (C=O) groups excluding carboxylic acids is 2. The van der Waals surface area contributed by atoms with Gasteiger partial charge >= 0.3 is 0 Å². The number of nitrogens with zero attached hydrogens (tertiary/aromatic N) is 2. The minimum absolute atomic E-state index is 0.138. The Morgan fingerprint density at radius 3 is 2.24 bits per heavy atom. The topological polar surface area (TPSA) is 102 Å². The van der Waals surface area contributed by atoms with Gasteiger partial charge in [-0.25, -0.2) is 9.97 Å². The van der Waals surface area contributed by atoms with Crippen LogP contribution in [0.15, 0.2) is 42.0 Å². The maximum Gasteiger partial charge on any atom is 0.204 e. The second-order valence-electron chi connectivity index (χ2n) is 5.17. The van der Waals surface area contributed by atoms with Crippen molar-refractivity contribution in [2.45, 2.75) is 0 Å². The first-order valence-corrected chi connectivity index (χ1v) is 7.41. The maximum absolute atomic E-state index is 12.2. The Bertz CT molecular complexity index is 934. The van der Waals surface area contributed by atoms with Gasteiger partial charge in [0.2, 0.25) is 11.6 Å². The molecule has 1 heterocycles. The molecular weight excluding hydrogens is 324 g/mol. The Kier molecular flexibility index (Phi) is 4.34. The molecule has 128 valence electrons. The number of allylic oxidation sites excluding steroid dienone is 2. The molecule has 0 radical (unpaired) electrons. The largest absolute Gasteiger partial charge is 0.493 e. The van der Waals surface area contributed by atoms with Crippen molar-refractivity contribution in [1.29, 1.82) is 0 Å². The standard InChI is InChI=1S/C17H16N4O4/c1-18-11-5-14(23)12(6-13(11)22)21-17-9-4-15(24-2)16(25-3)7-10(9)19-8-20-17/h4-8,18H,1-3H3,(H,19,20,21). The second-order valence-corrected chi connectivity index (χ2v) is 5.17. The first kappa shape index (κ1) is 16.4. The summed E-state index contributed by atoms with van der Waals surface area (Å²) in [5.74, 6) is 0.813. The zero-order valence-electron chi connectivity index (χ0n) is 13.9. The van der Waals surface area contributed by atoms with E-state index in [4.69, 9.17) is 9.47 Å². The van der Waals surface area contributed by atoms with Gasteiger partial charge in [-0.2, -0.15) is 0 Å². The minimum Gasteiger partial charge on any atom is -0.493 e. The van der Waals surface area contributed by atoms with Crippen LogP contribution in [0.2, 0.25) is 0 Å². The lowest BCUT2D eigenvalue weighted by Gasteiger charge is -2.15. The van der Waals surface area contributed by atoms with E-state index in [0.29, 0.717) is 28.2 Å². The number of benzene rings is 1. The molecule has 0 amide bonds. The van der Waals surface area contributed by atoms with Gasteiger partial charge in [0.05, 0.1) is 31.1 Å². The Morgan fingerprint density at radius 1 is 0.920 bits per heavy atom. The van der Waals surface area contributed by atoms with Crippen molar-refractivity contribution in [1.82, 2.24) is 15.3 Å². The van der Waals surface area contributed by atoms with Gasteiger partial charge in [0.25, 0.3) is 0 Å². The third-order valence-corrected chi connectivity index (χ3v) is 3.74. The van der Waals surface area contributed by atoms with Gasteiger partial charge in [-0.05, 0) is 6.07 Å². The molecule has 1 aromatic carbocycles. The van der Waals surface area contributed by atoms with Gasteiger partial charge in [0.1, 0.15) is 12.1 Å². The molecule has 0 unspecified atom stereocenters. The number of hydrogen-bond donors (Lipinski definition) is 2. The number of anilines is 1. The summed E-state index contributed by atoms with van der Waals surface area (Å²) in [6.07, 6.45) is 3.85. The van der Waals surface area contributed by atoms with Crippen LogP contribution >= 0.6 is 0 Å². The van der Waals surface area contributed by atoms with Crippen molar-refractivity contribution in [3.05, 3.63) is 42.0 Å². The van der Waals surface area contributed by atoms with Crippen molar-refractivity contribution in [2.75, 3.05) is 26.6 Å². The summed E-state index contributed by atoms with van der Waals surface area (Å²) >= 11 is 0. The quantitative estimate of drug-likeness (QED) is 0.783. The number of ketones is 2. The van der Waals surface area contributed by atoms with E-state index < -0.39 is 0 Å². The van der Waals surface area contributed by atoms with Crippen LogP contribution in [0, 0.1) is 0 Å². The number of hydrogen-bond acceptors (Lipinski definition) is 8. The highest BCUT2D eigenvalue weighted by atomic mass is 16.5. The number of aromatic nitrogens is 2. The van der Waals surface area contributed by atoms with Crippen molar-refractivity contribution in [3.63, 3.8) is 0 Å². The first-order valence-electron chi connectivity index (χ1n) is 7.41. The molecule has 8 nitrogen and oxygen atoms in total. The van der Waals surface area contributed by atoms with Gasteiger partial charge in [0, 0.05) is 30.7 Å². The van der Waals surface area contributed by atoms with E-state index in [2.05, 4.69) is 20.6 Å². The summed E-state index contributed by atoms with van der Waals surface area (Å²) in [7, 11) is 4.64. The van der Waals surface area contributed by atoms with E-state index in [9.17, 15) is 9.59 Å². The van der Waals surface area contributed by atoms with Crippen molar-refractivity contribution >= 4 is 28.3 Å². The zero-order valence-corrected chi connectivity index (χ0v) is 13.9. The highest BCUT2D eigenvalue weighted by Gasteiger charge is 2.21. The average molecular weight is 340 g/mol. The number of methoxy groups -OCH3 is 2. The molecule has 0 aliphatic heterocycles. The Hall–Kier alpha value is -3.42. The SMILES string of the molecule is CNC1=CC(=O)C(Nc2ncnc3cc(OC)c(OC)cc23)=CC1=O. The molecule has 2 N–H and O–H groups in total. The Labute approximate surface area is 143 Å². The van der Waals surface area contributed by atoms with Crippen LogP contribution in [0.3, 0.4) is 0 Å². The molecule has 1 aliphatic rings. The molecule has 2 aromatic rings. The molecule has 0 fully saturated rings. The van der Waals surface area contributed by atoms with Crippen LogP contribution in [-0.4, -0.2) is 42.8 Å². The molecule has 0 saturated heterocycles. The van der Waals surface area contributed by atoms with Crippen LogP contribution in [0.5, 0.6) is 11.5 Å². The molecule has 1 aromatic heterocycles. The second kappa shape index (κ2) is 6.60. The number of rotatable bonds is 5. The van der Waals surface area contributed by atoms with E-state index >= 15 is 0 Å². The highest BCUT2D eigenvalue weighted by molar-refractivity contribution is 6.21. The maximum atomic E-state index is 12.2. The summed E-state index contributed by atoms with van der Waals surface area (Å²) in [5, 5.41) is 6.23.